The third-order valence-corrected chi connectivity index (χ3v) is 8.60. The van der Waals surface area contributed by atoms with Crippen molar-refractivity contribution >= 4 is 38.6 Å². The second-order valence-corrected chi connectivity index (χ2v) is 11.4. The van der Waals surface area contributed by atoms with E-state index in [-0.39, 0.29) is 0 Å². The standard InChI is InChI=1S/C44H31N/c1-2-12-32(13-3-1)36-18-8-21-40(29-36)45(41-22-9-19-37(30-41)38-27-26-33-14-4-5-16-35(33)28-38)42-23-10-20-39(31-42)44-25-11-17-34-15-6-7-24-43(34)44/h1-31H. The van der Waals surface area contributed by atoms with E-state index in [2.05, 4.69) is 193 Å². The molecule has 0 N–H and O–H groups in total. The van der Waals surface area contributed by atoms with Gasteiger partial charge in [0.05, 0.1) is 0 Å². The topological polar surface area (TPSA) is 3.24 Å². The molecule has 8 aromatic carbocycles. The van der Waals surface area contributed by atoms with E-state index >= 15 is 0 Å². The zero-order valence-electron chi connectivity index (χ0n) is 24.8. The summed E-state index contributed by atoms with van der Waals surface area (Å²) in [6, 6.07) is 67.7. The molecule has 8 aromatic rings. The molecule has 45 heavy (non-hydrogen) atoms. The van der Waals surface area contributed by atoms with Crippen LogP contribution in [0.1, 0.15) is 0 Å². The van der Waals surface area contributed by atoms with Gasteiger partial charge in [-0.05, 0) is 97.4 Å². The van der Waals surface area contributed by atoms with Gasteiger partial charge < -0.3 is 4.90 Å². The van der Waals surface area contributed by atoms with E-state index in [1.54, 1.807) is 0 Å². The summed E-state index contributed by atoms with van der Waals surface area (Å²) >= 11 is 0. The predicted octanol–water partition coefficient (Wildman–Crippen LogP) is 12.5. The fourth-order valence-electron chi connectivity index (χ4n) is 6.39. The summed E-state index contributed by atoms with van der Waals surface area (Å²) in [5, 5.41) is 5.00. The van der Waals surface area contributed by atoms with E-state index in [9.17, 15) is 0 Å². The van der Waals surface area contributed by atoms with Crippen LogP contribution in [-0.4, -0.2) is 0 Å². The molecule has 0 spiro atoms. The third kappa shape index (κ3) is 5.26. The number of hydrogen-bond donors (Lipinski definition) is 0. The van der Waals surface area contributed by atoms with Gasteiger partial charge in [0.1, 0.15) is 0 Å². The smallest absolute Gasteiger partial charge is 0.0467 e. The van der Waals surface area contributed by atoms with Gasteiger partial charge in [-0.1, -0.05) is 146 Å². The lowest BCUT2D eigenvalue weighted by Crippen LogP contribution is -2.10. The molecule has 0 unspecified atom stereocenters. The van der Waals surface area contributed by atoms with Gasteiger partial charge in [0, 0.05) is 17.1 Å². The van der Waals surface area contributed by atoms with Crippen molar-refractivity contribution in [1.82, 2.24) is 0 Å². The highest BCUT2D eigenvalue weighted by molar-refractivity contribution is 5.97. The Balaban J connectivity index is 1.29. The van der Waals surface area contributed by atoms with Crippen LogP contribution in [0.15, 0.2) is 188 Å². The van der Waals surface area contributed by atoms with Crippen molar-refractivity contribution in [2.45, 2.75) is 0 Å². The minimum absolute atomic E-state index is 1.11. The molecule has 0 saturated carbocycles. The highest BCUT2D eigenvalue weighted by Gasteiger charge is 2.16. The van der Waals surface area contributed by atoms with Gasteiger partial charge in [0.15, 0.2) is 0 Å². The molecule has 1 nitrogen and oxygen atoms in total. The van der Waals surface area contributed by atoms with Crippen molar-refractivity contribution in [3.8, 4) is 33.4 Å². The second kappa shape index (κ2) is 11.6. The van der Waals surface area contributed by atoms with Gasteiger partial charge in [-0.2, -0.15) is 0 Å². The van der Waals surface area contributed by atoms with Gasteiger partial charge in [0.2, 0.25) is 0 Å². The quantitative estimate of drug-likeness (QED) is 0.191. The summed E-state index contributed by atoms with van der Waals surface area (Å²) in [5.74, 6) is 0. The minimum atomic E-state index is 1.11. The van der Waals surface area contributed by atoms with Gasteiger partial charge in [-0.25, -0.2) is 0 Å². The average molecular weight is 574 g/mol. The summed E-state index contributed by atoms with van der Waals surface area (Å²) in [6.45, 7) is 0. The summed E-state index contributed by atoms with van der Waals surface area (Å²) in [5.41, 5.74) is 10.6. The van der Waals surface area contributed by atoms with Crippen molar-refractivity contribution in [2.75, 3.05) is 4.90 Å². The number of hydrogen-bond acceptors (Lipinski definition) is 1. The number of rotatable bonds is 6. The molecule has 0 heterocycles. The Kier molecular flexibility index (Phi) is 6.90. The zero-order valence-corrected chi connectivity index (χ0v) is 24.8. The first-order valence-corrected chi connectivity index (χ1v) is 15.4. The van der Waals surface area contributed by atoms with Crippen LogP contribution in [0.3, 0.4) is 0 Å². The Bertz CT molecular complexity index is 2280. The maximum absolute atomic E-state index is 2.38. The maximum atomic E-state index is 2.38. The van der Waals surface area contributed by atoms with Crippen molar-refractivity contribution in [1.29, 1.82) is 0 Å². The second-order valence-electron chi connectivity index (χ2n) is 11.4. The lowest BCUT2D eigenvalue weighted by atomic mass is 9.97. The van der Waals surface area contributed by atoms with Crippen LogP contribution in [0.5, 0.6) is 0 Å². The molecule has 0 saturated heterocycles. The van der Waals surface area contributed by atoms with E-state index in [1.807, 2.05) is 0 Å². The number of anilines is 3. The minimum Gasteiger partial charge on any atom is -0.310 e. The summed E-state index contributed by atoms with van der Waals surface area (Å²) in [7, 11) is 0. The first-order valence-electron chi connectivity index (χ1n) is 15.4. The largest absolute Gasteiger partial charge is 0.310 e. The van der Waals surface area contributed by atoms with E-state index < -0.39 is 0 Å². The molecule has 0 bridgehead atoms. The van der Waals surface area contributed by atoms with Crippen LogP contribution in [0.25, 0.3) is 54.9 Å². The Morgan fingerprint density at radius 3 is 1.49 bits per heavy atom. The number of nitrogens with zero attached hydrogens (tertiary/aromatic N) is 1. The van der Waals surface area contributed by atoms with Gasteiger partial charge in [-0.15, -0.1) is 0 Å². The fourth-order valence-corrected chi connectivity index (χ4v) is 6.39. The molecule has 212 valence electrons. The van der Waals surface area contributed by atoms with Crippen LogP contribution in [0.4, 0.5) is 17.1 Å². The molecule has 0 aliphatic carbocycles. The predicted molar refractivity (Wildman–Crippen MR) is 192 cm³/mol. The molecule has 0 radical (unpaired) electrons. The molecular weight excluding hydrogens is 542 g/mol. The molecule has 8 rings (SSSR count). The zero-order chi connectivity index (χ0) is 30.0. The molecule has 0 fully saturated rings. The van der Waals surface area contributed by atoms with Crippen LogP contribution in [0, 0.1) is 0 Å². The Hall–Kier alpha value is -5.92. The van der Waals surface area contributed by atoms with E-state index in [0.717, 1.165) is 17.1 Å². The van der Waals surface area contributed by atoms with Gasteiger partial charge >= 0.3 is 0 Å². The maximum Gasteiger partial charge on any atom is 0.0467 e. The molecule has 0 atom stereocenters. The monoisotopic (exact) mass is 573 g/mol. The lowest BCUT2D eigenvalue weighted by Gasteiger charge is -2.27. The van der Waals surface area contributed by atoms with Crippen LogP contribution in [-0.2, 0) is 0 Å². The Morgan fingerprint density at radius 2 is 0.756 bits per heavy atom. The van der Waals surface area contributed by atoms with Crippen molar-refractivity contribution in [2.24, 2.45) is 0 Å². The van der Waals surface area contributed by atoms with E-state index in [1.165, 1.54) is 54.9 Å². The van der Waals surface area contributed by atoms with Crippen molar-refractivity contribution in [3.63, 3.8) is 0 Å². The van der Waals surface area contributed by atoms with Gasteiger partial charge in [-0.3, -0.25) is 0 Å². The third-order valence-electron chi connectivity index (χ3n) is 8.60. The van der Waals surface area contributed by atoms with Crippen LogP contribution in [0.2, 0.25) is 0 Å². The Labute approximate surface area is 264 Å². The lowest BCUT2D eigenvalue weighted by molar-refractivity contribution is 1.28. The Morgan fingerprint density at radius 1 is 0.267 bits per heavy atom. The SMILES string of the molecule is c1ccc(-c2cccc(N(c3cccc(-c4ccc5ccccc5c4)c3)c3cccc(-c4cccc5ccccc45)c3)c2)cc1. The van der Waals surface area contributed by atoms with Crippen molar-refractivity contribution < 1.29 is 0 Å². The molecule has 1 heteroatoms. The summed E-state index contributed by atoms with van der Waals surface area (Å²) < 4.78 is 0. The summed E-state index contributed by atoms with van der Waals surface area (Å²) in [4.78, 5) is 2.38. The highest BCUT2D eigenvalue weighted by Crippen LogP contribution is 2.40. The molecule has 0 aromatic heterocycles. The highest BCUT2D eigenvalue weighted by atomic mass is 15.1. The molecule has 0 amide bonds. The number of fused-ring (bicyclic) bond motifs is 2. The average Bonchev–Trinajstić information content (AvgIpc) is 3.12. The molecule has 0 aliphatic rings. The normalized spacial score (nSPS) is 11.1. The van der Waals surface area contributed by atoms with Crippen molar-refractivity contribution in [3.05, 3.63) is 188 Å². The van der Waals surface area contributed by atoms with Gasteiger partial charge in [0.25, 0.3) is 0 Å². The van der Waals surface area contributed by atoms with Crippen LogP contribution >= 0.6 is 0 Å². The van der Waals surface area contributed by atoms with E-state index in [4.69, 9.17) is 0 Å². The fraction of sp³-hybridized carbons (Fsp3) is 0. The molecular formula is C44H31N. The summed E-state index contributed by atoms with van der Waals surface area (Å²) in [6.07, 6.45) is 0. The first-order chi connectivity index (χ1) is 22.3. The molecule has 0 aliphatic heterocycles. The van der Waals surface area contributed by atoms with E-state index in [0.29, 0.717) is 0 Å². The first kappa shape index (κ1) is 26.7. The number of benzene rings is 8. The van der Waals surface area contributed by atoms with Crippen LogP contribution < -0.4 is 4.90 Å².